The van der Waals surface area contributed by atoms with Crippen LogP contribution in [0.25, 0.3) is 0 Å². The first-order valence-electron chi connectivity index (χ1n) is 6.50. The molecule has 8 nitrogen and oxygen atoms in total. The van der Waals surface area contributed by atoms with E-state index in [2.05, 4.69) is 5.32 Å². The summed E-state index contributed by atoms with van der Waals surface area (Å²) in [4.78, 5) is 20.8. The molecule has 1 heterocycles. The lowest BCUT2D eigenvalue weighted by Gasteiger charge is -2.17. The van der Waals surface area contributed by atoms with Crippen molar-refractivity contribution < 1.29 is 19.9 Å². The predicted octanol–water partition coefficient (Wildman–Crippen LogP) is 0.768. The van der Waals surface area contributed by atoms with Crippen LogP contribution in [0.5, 0.6) is 0 Å². The first kappa shape index (κ1) is 15.7. The Labute approximate surface area is 124 Å². The van der Waals surface area contributed by atoms with E-state index in [9.17, 15) is 25.1 Å². The number of rotatable bonds is 6. The maximum atomic E-state index is 10.7. The van der Waals surface area contributed by atoms with Crippen molar-refractivity contribution in [2.75, 3.05) is 5.32 Å². The summed E-state index contributed by atoms with van der Waals surface area (Å²) in [5, 5.41) is 34.1. The minimum atomic E-state index is -1.00. The van der Waals surface area contributed by atoms with Crippen LogP contribution in [0.15, 0.2) is 12.1 Å². The summed E-state index contributed by atoms with van der Waals surface area (Å²) < 4.78 is 0. The Balaban J connectivity index is 1.96. The average Bonchev–Trinajstić information content (AvgIpc) is 2.97. The third kappa shape index (κ3) is 3.69. The molecule has 1 fully saturated rings. The van der Waals surface area contributed by atoms with Gasteiger partial charge in [0.1, 0.15) is 6.10 Å². The number of hydrogen-bond donors (Lipinski definition) is 3. The molecular weight excluding hydrogens is 298 g/mol. The summed E-state index contributed by atoms with van der Waals surface area (Å²) >= 11 is 0.964. The molecule has 1 saturated carbocycles. The van der Waals surface area contributed by atoms with Crippen molar-refractivity contribution in [3.8, 4) is 0 Å². The Morgan fingerprint density at radius 2 is 2.19 bits per heavy atom. The maximum Gasteiger partial charge on any atom is 0.326 e. The van der Waals surface area contributed by atoms with Crippen molar-refractivity contribution >= 4 is 27.2 Å². The van der Waals surface area contributed by atoms with Gasteiger partial charge in [-0.2, -0.15) is 0 Å². The molecule has 1 amide bonds. The summed E-state index contributed by atoms with van der Waals surface area (Å²) in [7, 11) is 0. The minimum Gasteiger partial charge on any atom is -0.390 e. The van der Waals surface area contributed by atoms with E-state index in [-0.39, 0.29) is 17.3 Å². The zero-order valence-electron chi connectivity index (χ0n) is 11.1. The number of hydrogen-bond acceptors (Lipinski definition) is 7. The van der Waals surface area contributed by atoms with Crippen LogP contribution >= 0.6 is 11.3 Å². The van der Waals surface area contributed by atoms with Crippen LogP contribution < -0.4 is 11.1 Å². The number of nitrogens with zero attached hydrogens (tertiary/aromatic N) is 1. The van der Waals surface area contributed by atoms with Gasteiger partial charge in [-0.05, 0) is 36.2 Å². The highest BCUT2D eigenvalue weighted by Crippen LogP contribution is 2.35. The average molecular weight is 314 g/mol. The number of anilines is 1. The molecule has 21 heavy (non-hydrogen) atoms. The van der Waals surface area contributed by atoms with Gasteiger partial charge in [-0.1, -0.05) is 0 Å². The van der Waals surface area contributed by atoms with E-state index in [0.29, 0.717) is 17.8 Å². The van der Waals surface area contributed by atoms with Gasteiger partial charge in [0.15, 0.2) is 0 Å². The van der Waals surface area contributed by atoms with Gasteiger partial charge in [-0.3, -0.25) is 20.6 Å². The van der Waals surface area contributed by atoms with E-state index in [1.807, 2.05) is 0 Å². The second kappa shape index (κ2) is 6.37. The third-order valence-electron chi connectivity index (χ3n) is 3.64. The van der Waals surface area contributed by atoms with Crippen molar-refractivity contribution in [2.24, 2.45) is 5.92 Å². The molecule has 0 aromatic carbocycles. The van der Waals surface area contributed by atoms with Crippen LogP contribution in [0.4, 0.5) is 10.0 Å². The molecule has 0 spiro atoms. The molecule has 4 unspecified atom stereocenters. The fourth-order valence-corrected chi connectivity index (χ4v) is 3.34. The van der Waals surface area contributed by atoms with Gasteiger partial charge in [0, 0.05) is 12.5 Å². The van der Waals surface area contributed by atoms with Crippen LogP contribution in [0, 0.1) is 16.0 Å². The molecule has 4 atom stereocenters. The zero-order valence-corrected chi connectivity index (χ0v) is 11.9. The van der Waals surface area contributed by atoms with E-state index in [1.165, 1.54) is 6.07 Å². The van der Waals surface area contributed by atoms with Crippen molar-refractivity contribution in [3.05, 3.63) is 22.2 Å². The molecular formula is C12H16N3O5S. The lowest BCUT2D eigenvalue weighted by atomic mass is 9.99. The van der Waals surface area contributed by atoms with Gasteiger partial charge in [0.2, 0.25) is 5.91 Å². The Hall–Kier alpha value is -1.71. The fraction of sp³-hybridized carbons (Fsp3) is 0.583. The van der Waals surface area contributed by atoms with Gasteiger partial charge in [-0.25, -0.2) is 0 Å². The predicted molar refractivity (Wildman–Crippen MR) is 75.8 cm³/mol. The van der Waals surface area contributed by atoms with Crippen LogP contribution in [0.3, 0.4) is 0 Å². The summed E-state index contributed by atoms with van der Waals surface area (Å²) in [5.74, 6) is -0.955. The molecule has 0 aliphatic heterocycles. The summed E-state index contributed by atoms with van der Waals surface area (Å²) in [6, 6.07) is 2.51. The first-order valence-corrected chi connectivity index (χ1v) is 7.31. The molecule has 2 rings (SSSR count). The van der Waals surface area contributed by atoms with Crippen molar-refractivity contribution in [2.45, 2.75) is 37.5 Å². The maximum absolute atomic E-state index is 10.7. The van der Waals surface area contributed by atoms with Gasteiger partial charge >= 0.3 is 5.00 Å². The molecule has 1 aromatic rings. The second-order valence-corrected chi connectivity index (χ2v) is 6.15. The number of nitro groups is 1. The highest BCUT2D eigenvalue weighted by atomic mass is 32.1. The summed E-state index contributed by atoms with van der Waals surface area (Å²) in [5.41, 5.74) is 6.87. The number of aliphatic hydroxyl groups is 2. The van der Waals surface area contributed by atoms with Gasteiger partial charge < -0.3 is 15.5 Å². The highest BCUT2D eigenvalue weighted by Gasteiger charge is 2.41. The number of carbonyl (C=O) groups is 1. The van der Waals surface area contributed by atoms with Crippen LogP contribution in [-0.4, -0.2) is 39.3 Å². The van der Waals surface area contributed by atoms with Crippen LogP contribution in [-0.2, 0) is 4.79 Å². The van der Waals surface area contributed by atoms with E-state index < -0.39 is 29.1 Å². The van der Waals surface area contributed by atoms with Crippen molar-refractivity contribution in [3.63, 3.8) is 0 Å². The van der Waals surface area contributed by atoms with Gasteiger partial charge in [-0.15, -0.1) is 0 Å². The SMILES string of the molecule is [NH]C(=O)CCC1CC(Nc2ccc([N+](=O)[O-])s2)C(O)C1O. The van der Waals surface area contributed by atoms with Gasteiger partial charge in [0.05, 0.1) is 22.1 Å². The van der Waals surface area contributed by atoms with Crippen LogP contribution in [0.2, 0.25) is 0 Å². The molecule has 4 N–H and O–H groups in total. The quantitative estimate of drug-likeness (QED) is 0.524. The third-order valence-corrected chi connectivity index (χ3v) is 4.61. The van der Waals surface area contributed by atoms with Gasteiger partial charge in [0.25, 0.3) is 0 Å². The molecule has 1 aromatic heterocycles. The number of nitrogens with one attached hydrogen (secondary N) is 2. The van der Waals surface area contributed by atoms with Crippen molar-refractivity contribution in [1.29, 1.82) is 0 Å². The lowest BCUT2D eigenvalue weighted by molar-refractivity contribution is -0.380. The largest absolute Gasteiger partial charge is 0.390 e. The molecule has 1 aliphatic carbocycles. The lowest BCUT2D eigenvalue weighted by Crippen LogP contribution is -2.34. The summed E-state index contributed by atoms with van der Waals surface area (Å²) in [6.45, 7) is 0. The highest BCUT2D eigenvalue weighted by molar-refractivity contribution is 7.19. The fourth-order valence-electron chi connectivity index (χ4n) is 2.56. The Morgan fingerprint density at radius 3 is 2.76 bits per heavy atom. The molecule has 1 aliphatic rings. The smallest absolute Gasteiger partial charge is 0.326 e. The number of carbonyl (C=O) groups excluding carboxylic acids is 1. The Kier molecular flexibility index (Phi) is 4.76. The zero-order chi connectivity index (χ0) is 15.6. The van der Waals surface area contributed by atoms with Crippen LogP contribution in [0.1, 0.15) is 19.3 Å². The number of amides is 1. The Morgan fingerprint density at radius 1 is 1.48 bits per heavy atom. The molecule has 115 valence electrons. The topological polar surface area (TPSA) is 136 Å². The van der Waals surface area contributed by atoms with E-state index in [1.54, 1.807) is 6.07 Å². The first-order chi connectivity index (χ1) is 9.88. The molecule has 1 radical (unpaired) electrons. The number of thiophene rings is 1. The normalized spacial score (nSPS) is 28.5. The molecule has 0 saturated heterocycles. The molecule has 0 bridgehead atoms. The summed E-state index contributed by atoms with van der Waals surface area (Å²) in [6.07, 6.45) is -1.12. The number of aliphatic hydroxyl groups excluding tert-OH is 2. The minimum absolute atomic E-state index is 0.00175. The standard InChI is InChI=1S/C12H16N3O5S/c13-8(16)2-1-6-5-7(12(18)11(6)17)14-9-3-4-10(21-9)15(19)20/h3-4,6-7,11-14,17-18H,1-2,5H2. The second-order valence-electron chi connectivity index (χ2n) is 5.08. The molecule has 9 heteroatoms. The van der Waals surface area contributed by atoms with E-state index >= 15 is 0 Å². The van der Waals surface area contributed by atoms with E-state index in [4.69, 9.17) is 5.73 Å². The monoisotopic (exact) mass is 314 g/mol. The Bertz CT molecular complexity index is 535. The van der Waals surface area contributed by atoms with Crippen molar-refractivity contribution in [1.82, 2.24) is 5.73 Å². The van der Waals surface area contributed by atoms with E-state index in [0.717, 1.165) is 11.3 Å².